The second-order valence-electron chi connectivity index (χ2n) is 8.71. The maximum absolute atomic E-state index is 13.5. The van der Waals surface area contributed by atoms with E-state index in [1.807, 2.05) is 53.1 Å². The number of hydrogen-bond donors (Lipinski definition) is 1. The molecule has 5 rings (SSSR count). The van der Waals surface area contributed by atoms with E-state index in [0.29, 0.717) is 29.3 Å². The average molecular weight is 593 g/mol. The van der Waals surface area contributed by atoms with Gasteiger partial charge in [-0.1, -0.05) is 73.5 Å². The van der Waals surface area contributed by atoms with E-state index >= 15 is 0 Å². The maximum Gasteiger partial charge on any atom is 0.277 e. The van der Waals surface area contributed by atoms with E-state index in [2.05, 4.69) is 48.5 Å². The van der Waals surface area contributed by atoms with Gasteiger partial charge in [-0.05, 0) is 39.6 Å². The zero-order chi connectivity index (χ0) is 26.6. The van der Waals surface area contributed by atoms with Crippen molar-refractivity contribution < 1.29 is 9.52 Å². The lowest BCUT2D eigenvalue weighted by Gasteiger charge is -2.13. The minimum atomic E-state index is -0.479. The lowest BCUT2D eigenvalue weighted by Crippen LogP contribution is -2.36. The average Bonchev–Trinajstić information content (AvgIpc) is 3.57. The highest BCUT2D eigenvalue weighted by Gasteiger charge is 2.28. The highest BCUT2D eigenvalue weighted by molar-refractivity contribution is 9.10. The molecule has 0 saturated heterocycles. The molecule has 3 aromatic heterocycles. The number of carbonyl (C=O) groups is 1. The number of unbranched alkanes of at least 4 members (excludes halogenated alkanes) is 1. The second-order valence-corrected chi connectivity index (χ2v) is 9.88. The molecule has 38 heavy (non-hydrogen) atoms. The Morgan fingerprint density at radius 2 is 1.84 bits per heavy atom. The van der Waals surface area contributed by atoms with Gasteiger partial charge in [0.05, 0.1) is 0 Å². The van der Waals surface area contributed by atoms with E-state index in [0.717, 1.165) is 35.1 Å². The summed E-state index contributed by atoms with van der Waals surface area (Å²) in [5.74, 6) is 0.817. The first-order valence-corrected chi connectivity index (χ1v) is 13.2. The topological polar surface area (TPSA) is 116 Å². The Balaban J connectivity index is 1.50. The largest absolute Gasteiger partial charge is 0.617 e. The summed E-state index contributed by atoms with van der Waals surface area (Å²) in [7, 11) is 0. The third-order valence-corrected chi connectivity index (χ3v) is 7.09. The molecule has 0 unspecified atom stereocenters. The first-order valence-electron chi connectivity index (χ1n) is 12.1. The molecule has 0 aliphatic carbocycles. The highest BCUT2D eigenvalue weighted by atomic mass is 79.9. The molecular formula is C27H23BrClN7O2. The van der Waals surface area contributed by atoms with E-state index in [4.69, 9.17) is 11.6 Å². The van der Waals surface area contributed by atoms with Crippen LogP contribution in [0.25, 0.3) is 22.5 Å². The molecule has 0 fully saturated rings. The molecule has 0 aliphatic heterocycles. The molecule has 0 bridgehead atoms. The standard InChI is InChI=1S/C27H23BrClN7O2/c1-2-3-11-23-30-26(29)24(25(37)21-9-6-10-22(28)36(21)38)35(23)16-17-12-14-18(15-13-17)19-7-4-5-8-20(19)27-31-33-34-32-27/h4-10,12-15H,2-3,11,16H2,1H3,(H,31,32,33,34). The van der Waals surface area contributed by atoms with E-state index in [1.54, 1.807) is 12.1 Å². The van der Waals surface area contributed by atoms with Crippen LogP contribution < -0.4 is 4.73 Å². The van der Waals surface area contributed by atoms with Gasteiger partial charge in [-0.2, -0.15) is 4.73 Å². The van der Waals surface area contributed by atoms with Crippen molar-refractivity contribution in [3.63, 3.8) is 0 Å². The van der Waals surface area contributed by atoms with Gasteiger partial charge in [0.1, 0.15) is 11.5 Å². The lowest BCUT2D eigenvalue weighted by atomic mass is 9.98. The summed E-state index contributed by atoms with van der Waals surface area (Å²) in [4.78, 5) is 18.0. The molecular weight excluding hydrogens is 570 g/mol. The summed E-state index contributed by atoms with van der Waals surface area (Å²) in [5.41, 5.74) is 4.00. The number of hydrogen-bond acceptors (Lipinski definition) is 6. The van der Waals surface area contributed by atoms with Gasteiger partial charge in [0.15, 0.2) is 11.0 Å². The number of imidazole rings is 1. The normalized spacial score (nSPS) is 11.1. The van der Waals surface area contributed by atoms with Gasteiger partial charge < -0.3 is 9.77 Å². The lowest BCUT2D eigenvalue weighted by molar-refractivity contribution is -0.619. The summed E-state index contributed by atoms with van der Waals surface area (Å²) >= 11 is 9.70. The van der Waals surface area contributed by atoms with E-state index in [1.165, 1.54) is 6.07 Å². The van der Waals surface area contributed by atoms with Crippen molar-refractivity contribution in [3.8, 4) is 22.5 Å². The summed E-state index contributed by atoms with van der Waals surface area (Å²) in [6, 6.07) is 20.6. The van der Waals surface area contributed by atoms with Crippen LogP contribution in [0.15, 0.2) is 71.3 Å². The Morgan fingerprint density at radius 1 is 1.08 bits per heavy atom. The van der Waals surface area contributed by atoms with Crippen LogP contribution in [0.3, 0.4) is 0 Å². The van der Waals surface area contributed by atoms with Crippen molar-refractivity contribution in [3.05, 3.63) is 104 Å². The van der Waals surface area contributed by atoms with Crippen LogP contribution in [0.5, 0.6) is 0 Å². The number of aromatic nitrogens is 7. The Labute approximate surface area is 232 Å². The van der Waals surface area contributed by atoms with Crippen molar-refractivity contribution >= 4 is 33.3 Å². The molecule has 1 N–H and O–H groups in total. The molecule has 0 aliphatic rings. The molecule has 2 aromatic carbocycles. The van der Waals surface area contributed by atoms with Crippen molar-refractivity contribution in [2.24, 2.45) is 0 Å². The first-order chi connectivity index (χ1) is 18.5. The zero-order valence-corrected chi connectivity index (χ0v) is 22.8. The fraction of sp³-hybridized carbons (Fsp3) is 0.185. The summed E-state index contributed by atoms with van der Waals surface area (Å²) in [6.45, 7) is 2.47. The van der Waals surface area contributed by atoms with Crippen molar-refractivity contribution in [2.45, 2.75) is 32.7 Å². The van der Waals surface area contributed by atoms with Crippen molar-refractivity contribution in [1.82, 2.24) is 30.2 Å². The van der Waals surface area contributed by atoms with Gasteiger partial charge in [0.25, 0.3) is 16.1 Å². The minimum absolute atomic E-state index is 0.0293. The Bertz CT molecular complexity index is 1580. The number of halogens is 2. The van der Waals surface area contributed by atoms with Gasteiger partial charge in [0.2, 0.25) is 0 Å². The third-order valence-electron chi connectivity index (χ3n) is 6.24. The monoisotopic (exact) mass is 591 g/mol. The Kier molecular flexibility index (Phi) is 7.62. The molecule has 3 heterocycles. The van der Waals surface area contributed by atoms with Crippen LogP contribution in [-0.4, -0.2) is 36.0 Å². The van der Waals surface area contributed by atoms with E-state index in [-0.39, 0.29) is 21.1 Å². The number of aromatic amines is 1. The van der Waals surface area contributed by atoms with Gasteiger partial charge in [0, 0.05) is 46.6 Å². The van der Waals surface area contributed by atoms with Crippen LogP contribution in [0, 0.1) is 5.21 Å². The SMILES string of the molecule is CCCCc1nc(Cl)c(C(=O)c2cccc(Br)[n+]2[O-])n1Cc1ccc(-c2ccccc2-c2nnn[nH]2)cc1. The predicted molar refractivity (Wildman–Crippen MR) is 147 cm³/mol. The molecule has 0 amide bonds. The number of nitrogens with one attached hydrogen (secondary N) is 1. The molecule has 0 spiro atoms. The number of nitrogens with zero attached hydrogens (tertiary/aromatic N) is 6. The first kappa shape index (κ1) is 25.7. The van der Waals surface area contributed by atoms with Gasteiger partial charge in [-0.25, -0.2) is 10.1 Å². The second kappa shape index (κ2) is 11.2. The molecule has 11 heteroatoms. The highest BCUT2D eigenvalue weighted by Crippen LogP contribution is 2.30. The number of H-pyrrole nitrogens is 1. The van der Waals surface area contributed by atoms with Gasteiger partial charge >= 0.3 is 0 Å². The maximum atomic E-state index is 13.5. The molecule has 0 atom stereocenters. The molecule has 5 aromatic rings. The number of tetrazole rings is 1. The Morgan fingerprint density at radius 3 is 2.55 bits per heavy atom. The fourth-order valence-corrected chi connectivity index (χ4v) is 4.95. The number of pyridine rings is 1. The number of ketones is 1. The van der Waals surface area contributed by atoms with Crippen LogP contribution in [0.2, 0.25) is 5.15 Å². The van der Waals surface area contributed by atoms with E-state index < -0.39 is 5.78 Å². The molecule has 9 nitrogen and oxygen atoms in total. The number of benzene rings is 2. The van der Waals surface area contributed by atoms with Crippen LogP contribution >= 0.6 is 27.5 Å². The van der Waals surface area contributed by atoms with Crippen molar-refractivity contribution in [2.75, 3.05) is 0 Å². The number of rotatable bonds is 9. The van der Waals surface area contributed by atoms with Crippen molar-refractivity contribution in [1.29, 1.82) is 0 Å². The number of carbonyl (C=O) groups excluding carboxylic acids is 1. The predicted octanol–water partition coefficient (Wildman–Crippen LogP) is 5.40. The zero-order valence-electron chi connectivity index (χ0n) is 20.4. The fourth-order valence-electron chi connectivity index (χ4n) is 4.32. The summed E-state index contributed by atoms with van der Waals surface area (Å²) < 4.78 is 2.62. The van der Waals surface area contributed by atoms with Gasteiger partial charge in [-0.3, -0.25) is 4.79 Å². The third kappa shape index (κ3) is 5.09. The van der Waals surface area contributed by atoms with Gasteiger partial charge in [-0.15, -0.1) is 5.10 Å². The quantitative estimate of drug-likeness (QED) is 0.106. The van der Waals surface area contributed by atoms with Crippen LogP contribution in [0.4, 0.5) is 0 Å². The molecule has 0 saturated carbocycles. The molecule has 192 valence electrons. The summed E-state index contributed by atoms with van der Waals surface area (Å²) in [6.07, 6.45) is 2.52. The van der Waals surface area contributed by atoms with Crippen LogP contribution in [0.1, 0.15) is 47.3 Å². The van der Waals surface area contributed by atoms with E-state index in [9.17, 15) is 10.0 Å². The summed E-state index contributed by atoms with van der Waals surface area (Å²) in [5, 5.41) is 26.9. The Hall–Kier alpha value is -3.89. The smallest absolute Gasteiger partial charge is 0.277 e. The number of aryl methyl sites for hydroxylation is 1. The van der Waals surface area contributed by atoms with Crippen LogP contribution in [-0.2, 0) is 13.0 Å². The minimum Gasteiger partial charge on any atom is -0.617 e. The molecule has 0 radical (unpaired) electrons.